The first kappa shape index (κ1) is 10.9. The highest BCUT2D eigenvalue weighted by molar-refractivity contribution is 7.91. The topological polar surface area (TPSA) is 77.8 Å². The van der Waals surface area contributed by atoms with Crippen molar-refractivity contribution in [1.82, 2.24) is 4.90 Å². The Morgan fingerprint density at radius 2 is 1.85 bits per heavy atom. The van der Waals surface area contributed by atoms with Crippen LogP contribution in [-0.4, -0.2) is 67.4 Å². The maximum atomic E-state index is 11.0. The fourth-order valence-corrected chi connectivity index (χ4v) is 2.57. The van der Waals surface area contributed by atoms with Crippen molar-refractivity contribution in [2.75, 3.05) is 37.7 Å². The van der Waals surface area contributed by atoms with E-state index in [1.165, 1.54) is 0 Å². The van der Waals surface area contributed by atoms with Crippen molar-refractivity contribution in [1.29, 1.82) is 0 Å². The summed E-state index contributed by atoms with van der Waals surface area (Å²) in [5.74, 6) is 0.316. The van der Waals surface area contributed by atoms with Crippen LogP contribution in [0, 0.1) is 0 Å². The molecule has 0 saturated carbocycles. The summed E-state index contributed by atoms with van der Waals surface area (Å²) >= 11 is 0. The zero-order chi connectivity index (χ0) is 9.90. The number of aliphatic hydroxyl groups excluding tert-OH is 2. The molecule has 1 saturated heterocycles. The van der Waals surface area contributed by atoms with Crippen molar-refractivity contribution in [3.63, 3.8) is 0 Å². The summed E-state index contributed by atoms with van der Waals surface area (Å²) in [6, 6.07) is 0. The van der Waals surface area contributed by atoms with E-state index < -0.39 is 15.9 Å². The Morgan fingerprint density at radius 1 is 1.31 bits per heavy atom. The molecule has 0 aromatic rings. The molecule has 1 aliphatic heterocycles. The van der Waals surface area contributed by atoms with Gasteiger partial charge in [0, 0.05) is 19.6 Å². The molecule has 0 radical (unpaired) electrons. The Labute approximate surface area is 77.9 Å². The van der Waals surface area contributed by atoms with Gasteiger partial charge in [0.1, 0.15) is 0 Å². The second kappa shape index (κ2) is 4.36. The van der Waals surface area contributed by atoms with Gasteiger partial charge in [0.05, 0.1) is 24.2 Å². The summed E-state index contributed by atoms with van der Waals surface area (Å²) in [6.07, 6.45) is -0.763. The van der Waals surface area contributed by atoms with Crippen LogP contribution in [0.4, 0.5) is 0 Å². The van der Waals surface area contributed by atoms with Gasteiger partial charge in [0.2, 0.25) is 0 Å². The Kier molecular flexibility index (Phi) is 3.66. The minimum Gasteiger partial charge on any atom is -0.394 e. The van der Waals surface area contributed by atoms with Crippen LogP contribution in [-0.2, 0) is 9.84 Å². The van der Waals surface area contributed by atoms with E-state index in [1.807, 2.05) is 4.90 Å². The molecule has 1 atom stereocenters. The molecule has 1 heterocycles. The molecule has 78 valence electrons. The van der Waals surface area contributed by atoms with Crippen molar-refractivity contribution >= 4 is 9.84 Å². The van der Waals surface area contributed by atoms with Crippen molar-refractivity contribution in [2.45, 2.75) is 6.10 Å². The first-order chi connectivity index (χ1) is 6.03. The van der Waals surface area contributed by atoms with Gasteiger partial charge in [-0.25, -0.2) is 8.42 Å². The van der Waals surface area contributed by atoms with Crippen LogP contribution in [0.1, 0.15) is 0 Å². The Bertz CT molecular complexity index is 237. The van der Waals surface area contributed by atoms with Crippen LogP contribution < -0.4 is 0 Å². The zero-order valence-corrected chi connectivity index (χ0v) is 8.20. The molecule has 0 amide bonds. The lowest BCUT2D eigenvalue weighted by atomic mass is 10.3. The first-order valence-electron chi connectivity index (χ1n) is 4.25. The van der Waals surface area contributed by atoms with Crippen molar-refractivity contribution in [3.8, 4) is 0 Å². The number of rotatable bonds is 3. The molecule has 0 spiro atoms. The van der Waals surface area contributed by atoms with Crippen LogP contribution >= 0.6 is 0 Å². The van der Waals surface area contributed by atoms with E-state index in [1.54, 1.807) is 0 Å². The molecule has 1 fully saturated rings. The van der Waals surface area contributed by atoms with Gasteiger partial charge in [0.15, 0.2) is 9.84 Å². The lowest BCUT2D eigenvalue weighted by Crippen LogP contribution is -2.44. The molecule has 6 heteroatoms. The van der Waals surface area contributed by atoms with E-state index in [4.69, 9.17) is 10.2 Å². The number of hydrogen-bond acceptors (Lipinski definition) is 5. The third-order valence-electron chi connectivity index (χ3n) is 2.12. The van der Waals surface area contributed by atoms with Crippen molar-refractivity contribution in [2.24, 2.45) is 0 Å². The van der Waals surface area contributed by atoms with Gasteiger partial charge in [-0.1, -0.05) is 0 Å². The smallest absolute Gasteiger partial charge is 0.152 e. The second-order valence-corrected chi connectivity index (χ2v) is 5.59. The molecule has 0 aromatic carbocycles. The monoisotopic (exact) mass is 209 g/mol. The highest BCUT2D eigenvalue weighted by atomic mass is 32.2. The number of β-amino-alcohol motifs (C(OH)–C–C–N with tert-alkyl or cyclic N) is 1. The predicted octanol–water partition coefficient (Wildman–Crippen LogP) is -1.93. The molecule has 2 N–H and O–H groups in total. The predicted molar refractivity (Wildman–Crippen MR) is 48.2 cm³/mol. The van der Waals surface area contributed by atoms with Gasteiger partial charge in [0.25, 0.3) is 0 Å². The molecule has 1 rings (SSSR count). The van der Waals surface area contributed by atoms with Crippen LogP contribution in [0.25, 0.3) is 0 Å². The Balaban J connectivity index is 2.33. The van der Waals surface area contributed by atoms with E-state index >= 15 is 0 Å². The second-order valence-electron chi connectivity index (χ2n) is 3.29. The number of sulfone groups is 1. The molecule has 0 aliphatic carbocycles. The molecule has 0 bridgehead atoms. The van der Waals surface area contributed by atoms with Gasteiger partial charge in [-0.2, -0.15) is 0 Å². The number of nitrogens with zero attached hydrogens (tertiary/aromatic N) is 1. The highest BCUT2D eigenvalue weighted by Gasteiger charge is 2.22. The molecule has 1 aliphatic rings. The van der Waals surface area contributed by atoms with Gasteiger partial charge < -0.3 is 10.2 Å². The maximum Gasteiger partial charge on any atom is 0.152 e. The summed E-state index contributed by atoms with van der Waals surface area (Å²) in [6.45, 7) is 0.994. The molecular weight excluding hydrogens is 194 g/mol. The average Bonchev–Trinajstić information content (AvgIpc) is 2.08. The third-order valence-corrected chi connectivity index (χ3v) is 3.73. The molecule has 5 nitrogen and oxygen atoms in total. The van der Waals surface area contributed by atoms with Gasteiger partial charge >= 0.3 is 0 Å². The first-order valence-corrected chi connectivity index (χ1v) is 6.07. The van der Waals surface area contributed by atoms with E-state index in [0.717, 1.165) is 0 Å². The van der Waals surface area contributed by atoms with Gasteiger partial charge in [-0.05, 0) is 0 Å². The minimum absolute atomic E-state index is 0.158. The van der Waals surface area contributed by atoms with Crippen LogP contribution in [0.5, 0.6) is 0 Å². The highest BCUT2D eigenvalue weighted by Crippen LogP contribution is 2.03. The standard InChI is InChI=1S/C7H15NO4S/c9-6-7(10)5-8-1-3-13(11,12)4-2-8/h7,9-10H,1-6H2. The molecule has 1 unspecified atom stereocenters. The fraction of sp³-hybridized carbons (Fsp3) is 1.00. The van der Waals surface area contributed by atoms with Crippen molar-refractivity contribution in [3.05, 3.63) is 0 Å². The fourth-order valence-electron chi connectivity index (χ4n) is 1.29. The zero-order valence-electron chi connectivity index (χ0n) is 7.39. The summed E-state index contributed by atoms with van der Waals surface area (Å²) in [4.78, 5) is 1.85. The lowest BCUT2D eigenvalue weighted by Gasteiger charge is -2.27. The summed E-state index contributed by atoms with van der Waals surface area (Å²) in [5, 5.41) is 17.7. The lowest BCUT2D eigenvalue weighted by molar-refractivity contribution is 0.0617. The maximum absolute atomic E-state index is 11.0. The summed E-state index contributed by atoms with van der Waals surface area (Å²) < 4.78 is 22.0. The molecular formula is C7H15NO4S. The van der Waals surface area contributed by atoms with Crippen LogP contribution in [0.3, 0.4) is 0 Å². The Morgan fingerprint density at radius 3 is 2.31 bits per heavy atom. The number of aliphatic hydroxyl groups is 2. The van der Waals surface area contributed by atoms with E-state index in [0.29, 0.717) is 19.6 Å². The van der Waals surface area contributed by atoms with Gasteiger partial charge in [-0.3, -0.25) is 4.90 Å². The summed E-state index contributed by atoms with van der Waals surface area (Å²) in [5.41, 5.74) is 0. The summed E-state index contributed by atoms with van der Waals surface area (Å²) in [7, 11) is -2.84. The molecule has 0 aromatic heterocycles. The van der Waals surface area contributed by atoms with E-state index in [-0.39, 0.29) is 18.1 Å². The van der Waals surface area contributed by atoms with Crippen molar-refractivity contribution < 1.29 is 18.6 Å². The average molecular weight is 209 g/mol. The van der Waals surface area contributed by atoms with Crippen LogP contribution in [0.2, 0.25) is 0 Å². The SMILES string of the molecule is O=S1(=O)CCN(CC(O)CO)CC1. The van der Waals surface area contributed by atoms with E-state index in [9.17, 15) is 8.42 Å². The molecule has 13 heavy (non-hydrogen) atoms. The van der Waals surface area contributed by atoms with Gasteiger partial charge in [-0.15, -0.1) is 0 Å². The normalized spacial score (nSPS) is 25.7. The van der Waals surface area contributed by atoms with Crippen LogP contribution in [0.15, 0.2) is 0 Å². The Hall–Kier alpha value is -0.170. The minimum atomic E-state index is -2.84. The third kappa shape index (κ3) is 3.60. The number of hydrogen-bond donors (Lipinski definition) is 2. The van der Waals surface area contributed by atoms with E-state index in [2.05, 4.69) is 0 Å². The largest absolute Gasteiger partial charge is 0.394 e. The quantitative estimate of drug-likeness (QED) is 0.566.